The fraction of sp³-hybridized carbons (Fsp3) is 0.500. The van der Waals surface area contributed by atoms with E-state index in [-0.39, 0.29) is 11.2 Å². The van der Waals surface area contributed by atoms with E-state index in [0.717, 1.165) is 11.3 Å². The van der Waals surface area contributed by atoms with Gasteiger partial charge in [0.15, 0.2) is 0 Å². The van der Waals surface area contributed by atoms with Crippen LogP contribution in [0, 0.1) is 0 Å². The Balaban J connectivity index is 3.37. The van der Waals surface area contributed by atoms with Crippen molar-refractivity contribution in [2.24, 2.45) is 0 Å². The summed E-state index contributed by atoms with van der Waals surface area (Å²) in [5.74, 6) is 0.642. The lowest BCUT2D eigenvalue weighted by atomic mass is 10.1. The molecular weight excluding hydrogens is 276 g/mol. The van der Waals surface area contributed by atoms with Crippen molar-refractivity contribution < 1.29 is 14.3 Å². The maximum absolute atomic E-state index is 11.9. The quantitative estimate of drug-likeness (QED) is 0.618. The Morgan fingerprint density at radius 3 is 2.32 bits per heavy atom. The highest BCUT2D eigenvalue weighted by Gasteiger charge is 2.29. The average Bonchev–Trinajstić information content (AvgIpc) is 2.38. The molecule has 1 atom stereocenters. The highest BCUT2D eigenvalue weighted by molar-refractivity contribution is 7.99. The summed E-state index contributed by atoms with van der Waals surface area (Å²) in [4.78, 5) is 11.9. The maximum Gasteiger partial charge on any atom is 0.323 e. The van der Waals surface area contributed by atoms with Crippen LogP contribution in [0.15, 0.2) is 18.2 Å². The van der Waals surface area contributed by atoms with Crippen LogP contribution in [0.4, 0.5) is 0 Å². The number of thioether (sulfide) groups is 1. The Bertz CT molecular complexity index is 454. The second-order valence-corrected chi connectivity index (χ2v) is 11.3. The third kappa shape index (κ3) is 3.76. The minimum atomic E-state index is -1.56. The Morgan fingerprint density at radius 1 is 1.26 bits per heavy atom. The van der Waals surface area contributed by atoms with Crippen molar-refractivity contribution in [2.45, 2.75) is 24.9 Å². The highest BCUT2D eigenvalue weighted by Crippen LogP contribution is 2.29. The number of hydrogen-bond acceptors (Lipinski definition) is 4. The summed E-state index contributed by atoms with van der Waals surface area (Å²) >= 11 is 1.51. The van der Waals surface area contributed by atoms with Gasteiger partial charge in [-0.2, -0.15) is 0 Å². The summed E-state index contributed by atoms with van der Waals surface area (Å²) in [5.41, 5.74) is 1.05. The van der Waals surface area contributed by atoms with Crippen molar-refractivity contribution in [3.8, 4) is 5.75 Å². The zero-order valence-corrected chi connectivity index (χ0v) is 14.3. The van der Waals surface area contributed by atoms with Crippen molar-refractivity contribution in [3.63, 3.8) is 0 Å². The van der Waals surface area contributed by atoms with E-state index in [2.05, 4.69) is 25.7 Å². The van der Waals surface area contributed by atoms with Crippen LogP contribution in [0.2, 0.25) is 19.6 Å². The molecule has 19 heavy (non-hydrogen) atoms. The van der Waals surface area contributed by atoms with E-state index in [1.54, 1.807) is 7.11 Å². The molecule has 0 aliphatic rings. The van der Waals surface area contributed by atoms with Crippen LogP contribution >= 0.6 is 11.8 Å². The molecule has 0 N–H and O–H groups in total. The molecule has 1 aromatic carbocycles. The molecule has 0 amide bonds. The first-order valence-corrected chi connectivity index (χ1v) is 10.9. The van der Waals surface area contributed by atoms with Crippen LogP contribution in [-0.4, -0.2) is 34.5 Å². The van der Waals surface area contributed by atoms with Gasteiger partial charge in [0.2, 0.25) is 0 Å². The molecule has 0 bridgehead atoms. The smallest absolute Gasteiger partial charge is 0.323 e. The van der Waals surface area contributed by atoms with Gasteiger partial charge in [0.05, 0.1) is 22.3 Å². The minimum Gasteiger partial charge on any atom is -0.497 e. The van der Waals surface area contributed by atoms with Crippen LogP contribution in [0.25, 0.3) is 0 Å². The van der Waals surface area contributed by atoms with E-state index in [0.29, 0.717) is 0 Å². The van der Waals surface area contributed by atoms with Crippen molar-refractivity contribution in [2.75, 3.05) is 20.5 Å². The second kappa shape index (κ2) is 6.48. The van der Waals surface area contributed by atoms with Crippen LogP contribution < -0.4 is 9.92 Å². The average molecular weight is 298 g/mol. The van der Waals surface area contributed by atoms with Crippen LogP contribution in [0.3, 0.4) is 0 Å². The third-order valence-corrected chi connectivity index (χ3v) is 5.97. The van der Waals surface area contributed by atoms with Gasteiger partial charge in [-0.15, -0.1) is 11.8 Å². The maximum atomic E-state index is 11.9. The molecule has 3 nitrogen and oxygen atoms in total. The molecule has 0 heterocycles. The Labute approximate surface area is 120 Å². The van der Waals surface area contributed by atoms with Gasteiger partial charge in [-0.3, -0.25) is 4.79 Å². The summed E-state index contributed by atoms with van der Waals surface area (Å²) in [6.45, 7) is 6.79. The number of methoxy groups -OCH3 is 2. The lowest BCUT2D eigenvalue weighted by molar-refractivity contribution is -0.140. The summed E-state index contributed by atoms with van der Waals surface area (Å²) in [7, 11) is 1.53. The topological polar surface area (TPSA) is 35.5 Å². The molecular formula is C14H22O3SSi. The first kappa shape index (κ1) is 16.1. The number of hydrogen-bond donors (Lipinski definition) is 0. The lowest BCUT2D eigenvalue weighted by Gasteiger charge is -2.25. The second-order valence-electron chi connectivity index (χ2n) is 5.34. The summed E-state index contributed by atoms with van der Waals surface area (Å²) in [6, 6.07) is 5.96. The molecule has 0 radical (unpaired) electrons. The summed E-state index contributed by atoms with van der Waals surface area (Å²) < 4.78 is 10.2. The molecule has 0 aliphatic carbocycles. The zero-order chi connectivity index (χ0) is 14.6. The Kier molecular flexibility index (Phi) is 5.49. The number of ether oxygens (including phenoxy) is 2. The third-order valence-electron chi connectivity index (χ3n) is 3.00. The Hall–Kier alpha value is -0.943. The predicted molar refractivity (Wildman–Crippen MR) is 84.2 cm³/mol. The SMILES string of the molecule is COC(=O)C(SC)c1ccc(OC)cc1[Si](C)(C)C. The van der Waals surface area contributed by atoms with Crippen LogP contribution in [-0.2, 0) is 9.53 Å². The fourth-order valence-electron chi connectivity index (χ4n) is 2.00. The molecule has 0 aromatic heterocycles. The molecule has 0 aliphatic heterocycles. The van der Waals surface area contributed by atoms with Gasteiger partial charge >= 0.3 is 5.97 Å². The monoisotopic (exact) mass is 298 g/mol. The molecule has 0 saturated heterocycles. The van der Waals surface area contributed by atoms with Crippen molar-refractivity contribution in [1.82, 2.24) is 0 Å². The van der Waals surface area contributed by atoms with E-state index in [4.69, 9.17) is 9.47 Å². The van der Waals surface area contributed by atoms with Crippen molar-refractivity contribution in [3.05, 3.63) is 23.8 Å². The molecule has 1 unspecified atom stereocenters. The number of carbonyl (C=O) groups is 1. The van der Waals surface area contributed by atoms with Crippen molar-refractivity contribution in [1.29, 1.82) is 0 Å². The van der Waals surface area contributed by atoms with Gasteiger partial charge in [0.25, 0.3) is 0 Å². The number of esters is 1. The molecule has 1 aromatic rings. The lowest BCUT2D eigenvalue weighted by Crippen LogP contribution is -2.41. The van der Waals surface area contributed by atoms with Gasteiger partial charge < -0.3 is 9.47 Å². The summed E-state index contributed by atoms with van der Waals surface area (Å²) in [5, 5.41) is 0.981. The minimum absolute atomic E-state index is 0.197. The van der Waals surface area contributed by atoms with Gasteiger partial charge in [0, 0.05) is 0 Å². The van der Waals surface area contributed by atoms with E-state index in [1.807, 2.05) is 18.4 Å². The fourth-order valence-corrected chi connectivity index (χ4v) is 4.52. The van der Waals surface area contributed by atoms with Crippen molar-refractivity contribution >= 4 is 31.0 Å². The standard InChI is InChI=1S/C14H22O3SSi/c1-16-10-7-8-11(12(9-10)19(4,5)6)13(18-3)14(15)17-2/h7-9,13H,1-6H3. The number of carbonyl (C=O) groups excluding carboxylic acids is 1. The van der Waals surface area contributed by atoms with Crippen LogP contribution in [0.5, 0.6) is 5.75 Å². The molecule has 1 rings (SSSR count). The molecule has 5 heteroatoms. The first-order valence-electron chi connectivity index (χ1n) is 6.14. The van der Waals surface area contributed by atoms with Gasteiger partial charge in [-0.1, -0.05) is 30.9 Å². The van der Waals surface area contributed by atoms with E-state index in [9.17, 15) is 4.79 Å². The molecule has 0 fully saturated rings. The van der Waals surface area contributed by atoms with Gasteiger partial charge in [0.1, 0.15) is 11.0 Å². The van der Waals surface area contributed by atoms with Gasteiger partial charge in [-0.25, -0.2) is 0 Å². The highest BCUT2D eigenvalue weighted by atomic mass is 32.2. The molecule has 0 saturated carbocycles. The Morgan fingerprint density at radius 2 is 1.89 bits per heavy atom. The normalized spacial score (nSPS) is 12.9. The zero-order valence-electron chi connectivity index (χ0n) is 12.4. The van der Waals surface area contributed by atoms with Gasteiger partial charge in [-0.05, 0) is 24.0 Å². The molecule has 106 valence electrons. The first-order chi connectivity index (χ1) is 8.85. The largest absolute Gasteiger partial charge is 0.497 e. The van der Waals surface area contributed by atoms with E-state index < -0.39 is 8.07 Å². The van der Waals surface area contributed by atoms with Crippen LogP contribution in [0.1, 0.15) is 10.8 Å². The van der Waals surface area contributed by atoms with E-state index in [1.165, 1.54) is 24.1 Å². The van der Waals surface area contributed by atoms with E-state index >= 15 is 0 Å². The summed E-state index contributed by atoms with van der Waals surface area (Å²) in [6.07, 6.45) is 1.93. The number of benzene rings is 1. The predicted octanol–water partition coefficient (Wildman–Crippen LogP) is 2.82. The number of rotatable bonds is 5. The molecule has 0 spiro atoms.